The summed E-state index contributed by atoms with van der Waals surface area (Å²) in [6.45, 7) is 10.0. The number of nitrogens with two attached hydrogens (primary N) is 1. The number of carbonyl (C=O) groups excluding carboxylic acids is 1. The highest BCUT2D eigenvalue weighted by Gasteiger charge is 2.33. The molecule has 3 nitrogen and oxygen atoms in total. The Morgan fingerprint density at radius 3 is 1.73 bits per heavy atom. The van der Waals surface area contributed by atoms with Gasteiger partial charge in [-0.05, 0) is 32.6 Å². The highest BCUT2D eigenvalue weighted by Crippen LogP contribution is 2.20. The zero-order valence-electron chi connectivity index (χ0n) is 10.8. The van der Waals surface area contributed by atoms with Crippen LogP contribution in [0.3, 0.4) is 0 Å². The van der Waals surface area contributed by atoms with E-state index >= 15 is 0 Å². The number of amides is 1. The van der Waals surface area contributed by atoms with Crippen LogP contribution in [0.1, 0.15) is 60.3 Å². The monoisotopic (exact) mass is 214 g/mol. The second kappa shape index (κ2) is 5.50. The summed E-state index contributed by atoms with van der Waals surface area (Å²) in [5, 5.41) is 3.11. The number of hydrogen-bond donors (Lipinski definition) is 2. The minimum atomic E-state index is -0.745. The molecule has 1 unspecified atom stereocenters. The molecule has 0 fully saturated rings. The van der Waals surface area contributed by atoms with E-state index in [1.54, 1.807) is 6.92 Å². The Bertz CT molecular complexity index is 199. The lowest BCUT2D eigenvalue weighted by Crippen LogP contribution is -2.58. The molecule has 1 atom stereocenters. The van der Waals surface area contributed by atoms with E-state index in [4.69, 9.17) is 5.73 Å². The minimum Gasteiger partial charge on any atom is -0.349 e. The molecule has 0 spiro atoms. The van der Waals surface area contributed by atoms with Crippen LogP contribution < -0.4 is 11.1 Å². The Labute approximate surface area is 93.8 Å². The van der Waals surface area contributed by atoms with Gasteiger partial charge in [0, 0.05) is 5.54 Å². The van der Waals surface area contributed by atoms with Crippen LogP contribution in [0.15, 0.2) is 0 Å². The minimum absolute atomic E-state index is 0.0319. The summed E-state index contributed by atoms with van der Waals surface area (Å²) in [6, 6.07) is 0. The fourth-order valence-corrected chi connectivity index (χ4v) is 1.56. The molecule has 0 aromatic carbocycles. The third-order valence-electron chi connectivity index (χ3n) is 3.66. The van der Waals surface area contributed by atoms with Crippen molar-refractivity contribution in [2.45, 2.75) is 71.4 Å². The summed E-state index contributed by atoms with van der Waals surface area (Å²) in [5.74, 6) is -0.0319. The van der Waals surface area contributed by atoms with Crippen molar-refractivity contribution in [3.05, 3.63) is 0 Å². The van der Waals surface area contributed by atoms with Crippen molar-refractivity contribution in [1.29, 1.82) is 0 Å². The quantitative estimate of drug-likeness (QED) is 0.712. The molecule has 0 saturated heterocycles. The molecule has 0 aliphatic heterocycles. The highest BCUT2D eigenvalue weighted by molar-refractivity contribution is 5.86. The lowest BCUT2D eigenvalue weighted by atomic mass is 9.88. The fourth-order valence-electron chi connectivity index (χ4n) is 1.56. The van der Waals surface area contributed by atoms with Crippen LogP contribution >= 0.6 is 0 Å². The topological polar surface area (TPSA) is 55.1 Å². The molecule has 0 aromatic heterocycles. The van der Waals surface area contributed by atoms with Crippen LogP contribution in [-0.4, -0.2) is 17.0 Å². The standard InChI is InChI=1S/C12H26N2O/c1-6-11(5,13)10(15)14-12(7-2,8-3)9-4/h6-9,13H2,1-5H3,(H,14,15). The van der Waals surface area contributed by atoms with Gasteiger partial charge in [-0.1, -0.05) is 27.7 Å². The molecule has 0 bridgehead atoms. The van der Waals surface area contributed by atoms with Crippen molar-refractivity contribution >= 4 is 5.91 Å². The molecule has 3 heteroatoms. The maximum atomic E-state index is 12.0. The average Bonchev–Trinajstić information content (AvgIpc) is 2.25. The van der Waals surface area contributed by atoms with Gasteiger partial charge in [0.2, 0.25) is 5.91 Å². The van der Waals surface area contributed by atoms with Crippen LogP contribution in [0.4, 0.5) is 0 Å². The third kappa shape index (κ3) is 3.49. The van der Waals surface area contributed by atoms with Gasteiger partial charge in [0.15, 0.2) is 0 Å². The average molecular weight is 214 g/mol. The number of hydrogen-bond acceptors (Lipinski definition) is 2. The Kier molecular flexibility index (Phi) is 5.29. The maximum absolute atomic E-state index is 12.0. The third-order valence-corrected chi connectivity index (χ3v) is 3.66. The molecule has 0 aliphatic rings. The van der Waals surface area contributed by atoms with Gasteiger partial charge in [0.25, 0.3) is 0 Å². The van der Waals surface area contributed by atoms with Gasteiger partial charge in [-0.25, -0.2) is 0 Å². The molecule has 0 aliphatic carbocycles. The molecular formula is C12H26N2O. The Hall–Kier alpha value is -0.570. The van der Waals surface area contributed by atoms with Crippen molar-refractivity contribution in [2.75, 3.05) is 0 Å². The zero-order chi connectivity index (χ0) is 12.1. The van der Waals surface area contributed by atoms with E-state index in [9.17, 15) is 4.79 Å². The molecule has 0 heterocycles. The lowest BCUT2D eigenvalue weighted by molar-refractivity contribution is -0.128. The first kappa shape index (κ1) is 14.4. The van der Waals surface area contributed by atoms with Crippen molar-refractivity contribution in [3.63, 3.8) is 0 Å². The summed E-state index contributed by atoms with van der Waals surface area (Å²) in [6.07, 6.45) is 3.51. The van der Waals surface area contributed by atoms with Crippen molar-refractivity contribution in [2.24, 2.45) is 5.73 Å². The second-order valence-electron chi connectivity index (χ2n) is 4.57. The van der Waals surface area contributed by atoms with Gasteiger partial charge in [0.1, 0.15) is 0 Å². The lowest BCUT2D eigenvalue weighted by Gasteiger charge is -2.35. The Balaban J connectivity index is 4.62. The normalized spacial score (nSPS) is 15.9. The van der Waals surface area contributed by atoms with Gasteiger partial charge in [-0.15, -0.1) is 0 Å². The first-order chi connectivity index (χ1) is 6.87. The van der Waals surface area contributed by atoms with Crippen molar-refractivity contribution in [3.8, 4) is 0 Å². The van der Waals surface area contributed by atoms with E-state index in [0.29, 0.717) is 6.42 Å². The molecule has 0 rings (SSSR count). The van der Waals surface area contributed by atoms with E-state index < -0.39 is 5.54 Å². The summed E-state index contributed by atoms with van der Waals surface area (Å²) < 4.78 is 0. The van der Waals surface area contributed by atoms with Crippen molar-refractivity contribution in [1.82, 2.24) is 5.32 Å². The fraction of sp³-hybridized carbons (Fsp3) is 0.917. The van der Waals surface area contributed by atoms with Crippen LogP contribution in [0.2, 0.25) is 0 Å². The summed E-state index contributed by atoms with van der Waals surface area (Å²) in [7, 11) is 0. The highest BCUT2D eigenvalue weighted by atomic mass is 16.2. The number of rotatable bonds is 6. The summed E-state index contributed by atoms with van der Waals surface area (Å²) in [5.41, 5.74) is 5.10. The van der Waals surface area contributed by atoms with Crippen molar-refractivity contribution < 1.29 is 4.79 Å². The molecule has 0 saturated carbocycles. The zero-order valence-corrected chi connectivity index (χ0v) is 10.8. The van der Waals surface area contributed by atoms with E-state index in [-0.39, 0.29) is 11.4 Å². The summed E-state index contributed by atoms with van der Waals surface area (Å²) >= 11 is 0. The number of nitrogens with one attached hydrogen (secondary N) is 1. The molecule has 15 heavy (non-hydrogen) atoms. The van der Waals surface area contributed by atoms with Crippen LogP contribution in [-0.2, 0) is 4.79 Å². The first-order valence-electron chi connectivity index (χ1n) is 5.99. The predicted octanol–water partition coefficient (Wildman–Crippen LogP) is 2.20. The molecule has 0 aromatic rings. The van der Waals surface area contributed by atoms with Gasteiger partial charge in [-0.3, -0.25) is 4.79 Å². The van der Waals surface area contributed by atoms with Crippen LogP contribution in [0, 0.1) is 0 Å². The second-order valence-corrected chi connectivity index (χ2v) is 4.57. The first-order valence-corrected chi connectivity index (χ1v) is 5.99. The molecule has 3 N–H and O–H groups in total. The van der Waals surface area contributed by atoms with E-state index in [1.807, 2.05) is 6.92 Å². The van der Waals surface area contributed by atoms with E-state index in [2.05, 4.69) is 26.1 Å². The predicted molar refractivity (Wildman–Crippen MR) is 64.6 cm³/mol. The Morgan fingerprint density at radius 2 is 1.47 bits per heavy atom. The van der Waals surface area contributed by atoms with E-state index in [0.717, 1.165) is 19.3 Å². The van der Waals surface area contributed by atoms with Gasteiger partial charge < -0.3 is 11.1 Å². The smallest absolute Gasteiger partial charge is 0.240 e. The van der Waals surface area contributed by atoms with Crippen LogP contribution in [0.5, 0.6) is 0 Å². The molecule has 1 amide bonds. The van der Waals surface area contributed by atoms with E-state index in [1.165, 1.54) is 0 Å². The maximum Gasteiger partial charge on any atom is 0.240 e. The molecule has 90 valence electrons. The van der Waals surface area contributed by atoms with Gasteiger partial charge in [-0.2, -0.15) is 0 Å². The van der Waals surface area contributed by atoms with Crippen LogP contribution in [0.25, 0.3) is 0 Å². The number of carbonyl (C=O) groups is 1. The van der Waals surface area contributed by atoms with Gasteiger partial charge in [0.05, 0.1) is 5.54 Å². The Morgan fingerprint density at radius 1 is 1.07 bits per heavy atom. The van der Waals surface area contributed by atoms with Gasteiger partial charge >= 0.3 is 0 Å². The molecule has 0 radical (unpaired) electrons. The largest absolute Gasteiger partial charge is 0.349 e. The molecular weight excluding hydrogens is 188 g/mol. The summed E-state index contributed by atoms with van der Waals surface area (Å²) in [4.78, 5) is 12.0. The SMILES string of the molecule is CCC(CC)(CC)NC(=O)C(C)(N)CC.